The first-order chi connectivity index (χ1) is 10.5. The lowest BCUT2D eigenvalue weighted by molar-refractivity contribution is 0.250. The number of carbonyl (C=O) groups is 1. The van der Waals surface area contributed by atoms with Gasteiger partial charge in [0.25, 0.3) is 0 Å². The van der Waals surface area contributed by atoms with E-state index in [0.717, 1.165) is 17.9 Å². The standard InChI is InChI=1S/C18H23N3O/c1-13(2)20-18(22)21-17-10-8-16(9-11-17)19-12-15-6-4-14(3)5-7-15/h4-11,13,19H,12H2,1-3H3,(H2,20,21,22). The summed E-state index contributed by atoms with van der Waals surface area (Å²) in [6.45, 7) is 6.72. The number of rotatable bonds is 5. The summed E-state index contributed by atoms with van der Waals surface area (Å²) < 4.78 is 0. The van der Waals surface area contributed by atoms with Gasteiger partial charge in [0.1, 0.15) is 0 Å². The Bertz CT molecular complexity index is 603. The number of hydrogen-bond acceptors (Lipinski definition) is 2. The summed E-state index contributed by atoms with van der Waals surface area (Å²) in [7, 11) is 0. The highest BCUT2D eigenvalue weighted by Crippen LogP contribution is 2.14. The summed E-state index contributed by atoms with van der Waals surface area (Å²) in [5.41, 5.74) is 4.30. The second-order valence-corrected chi connectivity index (χ2v) is 5.67. The number of benzene rings is 2. The van der Waals surface area contributed by atoms with Crippen molar-refractivity contribution in [2.75, 3.05) is 10.6 Å². The number of nitrogens with one attached hydrogen (secondary N) is 3. The monoisotopic (exact) mass is 297 g/mol. The lowest BCUT2D eigenvalue weighted by Gasteiger charge is -2.11. The number of amides is 2. The quantitative estimate of drug-likeness (QED) is 0.777. The fourth-order valence-electron chi connectivity index (χ4n) is 2.01. The van der Waals surface area contributed by atoms with Crippen LogP contribution >= 0.6 is 0 Å². The zero-order valence-electron chi connectivity index (χ0n) is 13.3. The molecule has 0 aliphatic carbocycles. The first kappa shape index (κ1) is 15.9. The highest BCUT2D eigenvalue weighted by atomic mass is 16.2. The molecule has 0 aromatic heterocycles. The SMILES string of the molecule is Cc1ccc(CNc2ccc(NC(=O)NC(C)C)cc2)cc1. The third-order valence-corrected chi connectivity index (χ3v) is 3.18. The molecule has 116 valence electrons. The molecule has 4 nitrogen and oxygen atoms in total. The molecule has 0 saturated carbocycles. The van der Waals surface area contributed by atoms with E-state index in [0.29, 0.717) is 0 Å². The van der Waals surface area contributed by atoms with Crippen LogP contribution in [-0.2, 0) is 6.54 Å². The molecular formula is C18H23N3O. The fourth-order valence-corrected chi connectivity index (χ4v) is 2.01. The molecular weight excluding hydrogens is 274 g/mol. The van der Waals surface area contributed by atoms with Crippen molar-refractivity contribution in [2.24, 2.45) is 0 Å². The van der Waals surface area contributed by atoms with Crippen LogP contribution in [0.25, 0.3) is 0 Å². The van der Waals surface area contributed by atoms with Gasteiger partial charge in [-0.2, -0.15) is 0 Å². The van der Waals surface area contributed by atoms with E-state index in [2.05, 4.69) is 47.1 Å². The molecule has 2 aromatic carbocycles. The van der Waals surface area contributed by atoms with E-state index < -0.39 is 0 Å². The summed E-state index contributed by atoms with van der Waals surface area (Å²) in [5.74, 6) is 0. The van der Waals surface area contributed by atoms with Crippen LogP contribution in [0.4, 0.5) is 16.2 Å². The summed E-state index contributed by atoms with van der Waals surface area (Å²) in [6.07, 6.45) is 0. The molecule has 0 atom stereocenters. The number of aryl methyl sites for hydroxylation is 1. The second-order valence-electron chi connectivity index (χ2n) is 5.67. The number of urea groups is 1. The minimum atomic E-state index is -0.185. The predicted octanol–water partition coefficient (Wildman–Crippen LogP) is 4.14. The largest absolute Gasteiger partial charge is 0.381 e. The Morgan fingerprint density at radius 2 is 1.55 bits per heavy atom. The summed E-state index contributed by atoms with van der Waals surface area (Å²) in [6, 6.07) is 16.1. The normalized spacial score (nSPS) is 10.4. The molecule has 2 amide bonds. The van der Waals surface area contributed by atoms with Gasteiger partial charge in [-0.05, 0) is 50.6 Å². The molecule has 2 rings (SSSR count). The molecule has 2 aromatic rings. The van der Waals surface area contributed by atoms with Crippen LogP contribution in [0.3, 0.4) is 0 Å². The third kappa shape index (κ3) is 5.13. The Morgan fingerprint density at radius 1 is 0.955 bits per heavy atom. The van der Waals surface area contributed by atoms with Gasteiger partial charge in [-0.3, -0.25) is 0 Å². The average Bonchev–Trinajstić information content (AvgIpc) is 2.47. The summed E-state index contributed by atoms with van der Waals surface area (Å²) in [5, 5.41) is 8.96. The Morgan fingerprint density at radius 3 is 2.14 bits per heavy atom. The van der Waals surface area contributed by atoms with Crippen molar-refractivity contribution in [3.05, 3.63) is 59.7 Å². The number of carbonyl (C=O) groups excluding carboxylic acids is 1. The van der Waals surface area contributed by atoms with Crippen LogP contribution < -0.4 is 16.0 Å². The summed E-state index contributed by atoms with van der Waals surface area (Å²) >= 11 is 0. The van der Waals surface area contributed by atoms with Crippen molar-refractivity contribution >= 4 is 17.4 Å². The minimum absolute atomic E-state index is 0.121. The Hall–Kier alpha value is -2.49. The van der Waals surface area contributed by atoms with E-state index in [-0.39, 0.29) is 12.1 Å². The van der Waals surface area contributed by atoms with Crippen LogP contribution in [0.1, 0.15) is 25.0 Å². The molecule has 0 saturated heterocycles. The van der Waals surface area contributed by atoms with Gasteiger partial charge < -0.3 is 16.0 Å². The predicted molar refractivity (Wildman–Crippen MR) is 92.2 cm³/mol. The highest BCUT2D eigenvalue weighted by Gasteiger charge is 2.03. The Labute approximate surface area is 131 Å². The van der Waals surface area contributed by atoms with E-state index >= 15 is 0 Å². The lowest BCUT2D eigenvalue weighted by atomic mass is 10.1. The third-order valence-electron chi connectivity index (χ3n) is 3.18. The van der Waals surface area contributed by atoms with Crippen LogP contribution in [0.5, 0.6) is 0 Å². The molecule has 0 radical (unpaired) electrons. The van der Waals surface area contributed by atoms with Gasteiger partial charge in [0, 0.05) is 24.0 Å². The van der Waals surface area contributed by atoms with Gasteiger partial charge in [-0.15, -0.1) is 0 Å². The summed E-state index contributed by atoms with van der Waals surface area (Å²) in [4.78, 5) is 11.6. The van der Waals surface area contributed by atoms with E-state index in [1.165, 1.54) is 11.1 Å². The van der Waals surface area contributed by atoms with Gasteiger partial charge in [-0.25, -0.2) is 4.79 Å². The van der Waals surface area contributed by atoms with E-state index in [4.69, 9.17) is 0 Å². The maximum Gasteiger partial charge on any atom is 0.319 e. The topological polar surface area (TPSA) is 53.2 Å². The van der Waals surface area contributed by atoms with Crippen molar-refractivity contribution < 1.29 is 4.79 Å². The van der Waals surface area contributed by atoms with Crippen LogP contribution in [0, 0.1) is 6.92 Å². The van der Waals surface area contributed by atoms with Gasteiger partial charge in [-0.1, -0.05) is 29.8 Å². The lowest BCUT2D eigenvalue weighted by Crippen LogP contribution is -2.34. The maximum atomic E-state index is 11.6. The van der Waals surface area contributed by atoms with Crippen LogP contribution in [0.2, 0.25) is 0 Å². The number of anilines is 2. The molecule has 0 spiro atoms. The Balaban J connectivity index is 1.86. The van der Waals surface area contributed by atoms with Crippen molar-refractivity contribution in [3.63, 3.8) is 0 Å². The van der Waals surface area contributed by atoms with Crippen LogP contribution in [-0.4, -0.2) is 12.1 Å². The average molecular weight is 297 g/mol. The molecule has 4 heteroatoms. The van der Waals surface area contributed by atoms with E-state index in [9.17, 15) is 4.79 Å². The van der Waals surface area contributed by atoms with Crippen molar-refractivity contribution in [2.45, 2.75) is 33.4 Å². The van der Waals surface area contributed by atoms with E-state index in [1.807, 2.05) is 38.1 Å². The van der Waals surface area contributed by atoms with Gasteiger partial charge >= 0.3 is 6.03 Å². The molecule has 0 unspecified atom stereocenters. The molecule has 0 aliphatic heterocycles. The molecule has 0 fully saturated rings. The van der Waals surface area contributed by atoms with Gasteiger partial charge in [0.15, 0.2) is 0 Å². The Kier molecular flexibility index (Phi) is 5.42. The molecule has 3 N–H and O–H groups in total. The maximum absolute atomic E-state index is 11.6. The van der Waals surface area contributed by atoms with Gasteiger partial charge in [0.05, 0.1) is 0 Å². The second kappa shape index (κ2) is 7.50. The zero-order chi connectivity index (χ0) is 15.9. The fraction of sp³-hybridized carbons (Fsp3) is 0.278. The van der Waals surface area contributed by atoms with Crippen LogP contribution in [0.15, 0.2) is 48.5 Å². The van der Waals surface area contributed by atoms with Gasteiger partial charge in [0.2, 0.25) is 0 Å². The minimum Gasteiger partial charge on any atom is -0.381 e. The van der Waals surface area contributed by atoms with Crippen molar-refractivity contribution in [1.82, 2.24) is 5.32 Å². The molecule has 22 heavy (non-hydrogen) atoms. The number of hydrogen-bond donors (Lipinski definition) is 3. The first-order valence-electron chi connectivity index (χ1n) is 7.50. The smallest absolute Gasteiger partial charge is 0.319 e. The molecule has 0 heterocycles. The van der Waals surface area contributed by atoms with E-state index in [1.54, 1.807) is 0 Å². The highest BCUT2D eigenvalue weighted by molar-refractivity contribution is 5.89. The molecule has 0 bridgehead atoms. The first-order valence-corrected chi connectivity index (χ1v) is 7.50. The van der Waals surface area contributed by atoms with Crippen molar-refractivity contribution in [1.29, 1.82) is 0 Å². The molecule has 0 aliphatic rings. The van der Waals surface area contributed by atoms with Crippen molar-refractivity contribution in [3.8, 4) is 0 Å². The zero-order valence-corrected chi connectivity index (χ0v) is 13.3.